The number of esters is 1. The van der Waals surface area contributed by atoms with E-state index in [1.807, 2.05) is 0 Å². The smallest absolute Gasteiger partial charge is 0.305 e. The molecule has 2 heteroatoms. The zero-order valence-corrected chi connectivity index (χ0v) is 17.8. The van der Waals surface area contributed by atoms with Gasteiger partial charge >= 0.3 is 5.97 Å². The van der Waals surface area contributed by atoms with Gasteiger partial charge in [-0.25, -0.2) is 0 Å². The second-order valence-corrected chi connectivity index (χ2v) is 7.56. The molecule has 0 aliphatic carbocycles. The molecule has 0 fully saturated rings. The normalized spacial score (nSPS) is 12.9. The molecule has 0 saturated carbocycles. The Morgan fingerprint density at radius 3 is 2.08 bits per heavy atom. The molecule has 0 amide bonds. The summed E-state index contributed by atoms with van der Waals surface area (Å²) in [6, 6.07) is 0. The van der Waals surface area contributed by atoms with Crippen LogP contribution in [0.2, 0.25) is 0 Å². The Balaban J connectivity index is 3.32. The molecule has 0 N–H and O–H groups in total. The largest absolute Gasteiger partial charge is 0.465 e. The van der Waals surface area contributed by atoms with Crippen molar-refractivity contribution in [2.24, 2.45) is 5.92 Å². The van der Waals surface area contributed by atoms with E-state index in [4.69, 9.17) is 4.74 Å². The molecule has 0 bridgehead atoms. The fraction of sp³-hybridized carbons (Fsp3) is 0.792. The molecule has 0 aromatic carbocycles. The van der Waals surface area contributed by atoms with E-state index in [2.05, 4.69) is 45.1 Å². The molecular weight excluding hydrogens is 320 g/mol. The van der Waals surface area contributed by atoms with Gasteiger partial charge in [0.15, 0.2) is 0 Å². The molecule has 152 valence electrons. The fourth-order valence-electron chi connectivity index (χ4n) is 2.96. The van der Waals surface area contributed by atoms with Crippen LogP contribution in [0.15, 0.2) is 24.3 Å². The van der Waals surface area contributed by atoms with Crippen LogP contribution in [0.4, 0.5) is 0 Å². The van der Waals surface area contributed by atoms with Gasteiger partial charge in [0.2, 0.25) is 0 Å². The van der Waals surface area contributed by atoms with E-state index < -0.39 is 0 Å². The maximum atomic E-state index is 11.6. The third-order valence-electron chi connectivity index (χ3n) is 4.64. The van der Waals surface area contributed by atoms with Gasteiger partial charge in [0.1, 0.15) is 0 Å². The maximum absolute atomic E-state index is 11.6. The van der Waals surface area contributed by atoms with Crippen molar-refractivity contribution in [2.75, 3.05) is 6.61 Å². The predicted molar refractivity (Wildman–Crippen MR) is 114 cm³/mol. The van der Waals surface area contributed by atoms with E-state index in [1.54, 1.807) is 0 Å². The molecule has 0 aliphatic rings. The minimum atomic E-state index is -0.0152. The molecule has 0 aromatic heterocycles. The van der Waals surface area contributed by atoms with Crippen molar-refractivity contribution in [3.8, 4) is 0 Å². The zero-order valence-electron chi connectivity index (χ0n) is 17.8. The van der Waals surface area contributed by atoms with E-state index in [-0.39, 0.29) is 5.97 Å². The van der Waals surface area contributed by atoms with Gasteiger partial charge in [0.05, 0.1) is 6.61 Å². The van der Waals surface area contributed by atoms with Crippen molar-refractivity contribution < 1.29 is 9.53 Å². The third-order valence-corrected chi connectivity index (χ3v) is 4.64. The van der Waals surface area contributed by atoms with Crippen molar-refractivity contribution in [2.45, 2.75) is 111 Å². The molecule has 0 radical (unpaired) electrons. The number of hydrogen-bond acceptors (Lipinski definition) is 2. The lowest BCUT2D eigenvalue weighted by Gasteiger charge is -2.10. The quantitative estimate of drug-likeness (QED) is 0.141. The number of carbonyl (C=O) groups excluding carboxylic acids is 1. The average molecular weight is 365 g/mol. The standard InChI is InChI=1S/C24H44O2/c1-4-6-7-8-9-10-11-12-13-14-15-16-17-18-19-21-24(25)26-22-23(3)20-5-2/h9-10,12-13,23H,4-8,11,14-22H2,1-3H3/b10-9-,13-12-/t23-/m0/s1. The number of hydrogen-bond donors (Lipinski definition) is 0. The first-order valence-corrected chi connectivity index (χ1v) is 11.2. The molecule has 0 aliphatic heterocycles. The molecule has 0 unspecified atom stereocenters. The first-order valence-electron chi connectivity index (χ1n) is 11.2. The number of allylic oxidation sites excluding steroid dienone is 4. The molecule has 0 rings (SSSR count). The van der Waals surface area contributed by atoms with Crippen LogP contribution in [0.25, 0.3) is 0 Å². The van der Waals surface area contributed by atoms with Crippen molar-refractivity contribution in [3.05, 3.63) is 24.3 Å². The zero-order chi connectivity index (χ0) is 19.3. The molecular formula is C24H44O2. The molecule has 1 atom stereocenters. The van der Waals surface area contributed by atoms with Crippen molar-refractivity contribution in [1.29, 1.82) is 0 Å². The van der Waals surface area contributed by atoms with Gasteiger partial charge < -0.3 is 4.74 Å². The lowest BCUT2D eigenvalue weighted by molar-refractivity contribution is -0.145. The number of ether oxygens (including phenoxy) is 1. The summed E-state index contributed by atoms with van der Waals surface area (Å²) in [4.78, 5) is 11.6. The highest BCUT2D eigenvalue weighted by Gasteiger charge is 2.06. The maximum Gasteiger partial charge on any atom is 0.305 e. The first kappa shape index (κ1) is 24.9. The minimum Gasteiger partial charge on any atom is -0.465 e. The van der Waals surface area contributed by atoms with Crippen molar-refractivity contribution >= 4 is 5.97 Å². The van der Waals surface area contributed by atoms with E-state index in [0.29, 0.717) is 18.9 Å². The second kappa shape index (κ2) is 20.3. The van der Waals surface area contributed by atoms with Gasteiger partial charge in [-0.15, -0.1) is 0 Å². The summed E-state index contributed by atoms with van der Waals surface area (Å²) in [5, 5.41) is 0. The van der Waals surface area contributed by atoms with Crippen LogP contribution in [-0.2, 0) is 9.53 Å². The summed E-state index contributed by atoms with van der Waals surface area (Å²) < 4.78 is 5.32. The number of carbonyl (C=O) groups is 1. The van der Waals surface area contributed by atoms with Crippen LogP contribution < -0.4 is 0 Å². The van der Waals surface area contributed by atoms with Gasteiger partial charge in [-0.05, 0) is 50.9 Å². The van der Waals surface area contributed by atoms with Gasteiger partial charge in [-0.1, -0.05) is 83.6 Å². The predicted octanol–water partition coefficient (Wildman–Crippen LogP) is 7.78. The molecule has 0 spiro atoms. The molecule has 0 saturated heterocycles. The van der Waals surface area contributed by atoms with Crippen LogP contribution in [-0.4, -0.2) is 12.6 Å². The fourth-order valence-corrected chi connectivity index (χ4v) is 2.96. The second-order valence-electron chi connectivity index (χ2n) is 7.56. The number of rotatable bonds is 18. The van der Waals surface area contributed by atoms with Crippen LogP contribution in [0.3, 0.4) is 0 Å². The minimum absolute atomic E-state index is 0.0152. The molecule has 2 nitrogen and oxygen atoms in total. The highest BCUT2D eigenvalue weighted by molar-refractivity contribution is 5.69. The van der Waals surface area contributed by atoms with Gasteiger partial charge in [-0.3, -0.25) is 4.79 Å². The summed E-state index contributed by atoms with van der Waals surface area (Å²) >= 11 is 0. The SMILES string of the molecule is CCCCC/C=C\C/C=C\CCCCCCCC(=O)OC[C@@H](C)CCC. The van der Waals surface area contributed by atoms with Gasteiger partial charge in [0.25, 0.3) is 0 Å². The van der Waals surface area contributed by atoms with Crippen LogP contribution >= 0.6 is 0 Å². The Bertz CT molecular complexity index is 357. The lowest BCUT2D eigenvalue weighted by Crippen LogP contribution is -2.11. The van der Waals surface area contributed by atoms with Crippen molar-refractivity contribution in [1.82, 2.24) is 0 Å². The first-order chi connectivity index (χ1) is 12.7. The topological polar surface area (TPSA) is 26.3 Å². The van der Waals surface area contributed by atoms with E-state index in [0.717, 1.165) is 32.1 Å². The summed E-state index contributed by atoms with van der Waals surface area (Å²) in [6.45, 7) is 7.15. The molecule has 26 heavy (non-hydrogen) atoms. The number of unbranched alkanes of at least 4 members (excludes halogenated alkanes) is 8. The monoisotopic (exact) mass is 364 g/mol. The van der Waals surface area contributed by atoms with E-state index in [1.165, 1.54) is 51.4 Å². The Hall–Kier alpha value is -1.05. The summed E-state index contributed by atoms with van der Waals surface area (Å²) in [5.74, 6) is 0.479. The average Bonchev–Trinajstić information content (AvgIpc) is 2.63. The molecule has 0 heterocycles. The van der Waals surface area contributed by atoms with Crippen molar-refractivity contribution in [3.63, 3.8) is 0 Å². The Kier molecular flexibility index (Phi) is 19.4. The van der Waals surface area contributed by atoms with E-state index >= 15 is 0 Å². The summed E-state index contributed by atoms with van der Waals surface area (Å²) in [7, 11) is 0. The van der Waals surface area contributed by atoms with Crippen LogP contribution in [0.5, 0.6) is 0 Å². The van der Waals surface area contributed by atoms with Gasteiger partial charge in [-0.2, -0.15) is 0 Å². The Morgan fingerprint density at radius 1 is 0.808 bits per heavy atom. The van der Waals surface area contributed by atoms with Crippen LogP contribution in [0, 0.1) is 5.92 Å². The highest BCUT2D eigenvalue weighted by Crippen LogP contribution is 2.10. The Morgan fingerprint density at radius 2 is 1.42 bits per heavy atom. The molecule has 0 aromatic rings. The van der Waals surface area contributed by atoms with E-state index in [9.17, 15) is 4.79 Å². The van der Waals surface area contributed by atoms with Gasteiger partial charge in [0, 0.05) is 6.42 Å². The lowest BCUT2D eigenvalue weighted by atomic mass is 10.1. The highest BCUT2D eigenvalue weighted by atomic mass is 16.5. The summed E-state index contributed by atoms with van der Waals surface area (Å²) in [5.41, 5.74) is 0. The third kappa shape index (κ3) is 19.3. The van der Waals surface area contributed by atoms with Crippen LogP contribution in [0.1, 0.15) is 111 Å². The Labute approximate surface area is 163 Å². The summed E-state index contributed by atoms with van der Waals surface area (Å²) in [6.07, 6.45) is 25.4.